The van der Waals surface area contributed by atoms with Crippen LogP contribution in [0.5, 0.6) is 0 Å². The Kier molecular flexibility index (Phi) is 7.79. The molecule has 1 amide bonds. The third-order valence-corrected chi connectivity index (χ3v) is 6.07. The van der Waals surface area contributed by atoms with Crippen LogP contribution in [0.4, 0.5) is 0 Å². The fraction of sp³-hybridized carbons (Fsp3) is 0.579. The molecule has 1 aromatic carbocycles. The molecule has 0 aromatic heterocycles. The minimum atomic E-state index is -4.15. The summed E-state index contributed by atoms with van der Waals surface area (Å²) in [7, 11) is -4.15. The van der Waals surface area contributed by atoms with E-state index in [9.17, 15) is 18.0 Å². The van der Waals surface area contributed by atoms with Crippen LogP contribution in [0.3, 0.4) is 0 Å². The van der Waals surface area contributed by atoms with Gasteiger partial charge in [0.25, 0.3) is 10.1 Å². The van der Waals surface area contributed by atoms with Crippen LogP contribution in [0.25, 0.3) is 0 Å². The molecule has 0 heterocycles. The standard InChI is InChI=1S/C19H27NO6S/c1-2-3-11-26-19(22)17(12-14-7-5-4-6-8-14)20-18(21)15-9-10-16(13-15)27(23,24)25/h4-8,15-17H,2-3,9-13H2,1H3,(H,20,21)(H,23,24,25)/t15?,16?,17-/m0/s1. The molecular weight excluding hydrogens is 370 g/mol. The Labute approximate surface area is 160 Å². The molecule has 7 nitrogen and oxygen atoms in total. The summed E-state index contributed by atoms with van der Waals surface area (Å²) in [5, 5.41) is 1.80. The van der Waals surface area contributed by atoms with Crippen LogP contribution in [-0.2, 0) is 30.9 Å². The van der Waals surface area contributed by atoms with E-state index in [0.29, 0.717) is 19.4 Å². The third-order valence-electron chi connectivity index (χ3n) is 4.80. The smallest absolute Gasteiger partial charge is 0.328 e. The summed E-state index contributed by atoms with van der Waals surface area (Å²) in [6.07, 6.45) is 2.60. The molecule has 8 heteroatoms. The summed E-state index contributed by atoms with van der Waals surface area (Å²) in [5.41, 5.74) is 0.887. The second-order valence-electron chi connectivity index (χ2n) is 6.92. The average Bonchev–Trinajstić information content (AvgIpc) is 3.13. The van der Waals surface area contributed by atoms with Crippen molar-refractivity contribution in [2.24, 2.45) is 5.92 Å². The molecule has 2 unspecified atom stereocenters. The molecule has 0 bridgehead atoms. The summed E-state index contributed by atoms with van der Waals surface area (Å²) in [6.45, 7) is 2.29. The molecule has 0 aliphatic heterocycles. The Morgan fingerprint density at radius 1 is 1.26 bits per heavy atom. The van der Waals surface area contributed by atoms with Crippen molar-refractivity contribution in [2.75, 3.05) is 6.61 Å². The van der Waals surface area contributed by atoms with E-state index in [1.165, 1.54) is 0 Å². The van der Waals surface area contributed by atoms with E-state index in [1.54, 1.807) is 0 Å². The SMILES string of the molecule is CCCCOC(=O)[C@H](Cc1ccccc1)NC(=O)C1CCC(S(=O)(=O)O)C1. The van der Waals surface area contributed by atoms with Gasteiger partial charge in [-0.2, -0.15) is 8.42 Å². The Morgan fingerprint density at radius 2 is 1.96 bits per heavy atom. The first-order valence-corrected chi connectivity index (χ1v) is 10.8. The maximum atomic E-state index is 12.6. The number of amides is 1. The van der Waals surface area contributed by atoms with Crippen molar-refractivity contribution in [3.8, 4) is 0 Å². The maximum absolute atomic E-state index is 12.6. The highest BCUT2D eigenvalue weighted by molar-refractivity contribution is 7.86. The number of hydrogen-bond acceptors (Lipinski definition) is 5. The van der Waals surface area contributed by atoms with Gasteiger partial charge in [0.05, 0.1) is 11.9 Å². The number of benzene rings is 1. The number of esters is 1. The number of carbonyl (C=O) groups excluding carboxylic acids is 2. The highest BCUT2D eigenvalue weighted by Gasteiger charge is 2.37. The number of ether oxygens (including phenoxy) is 1. The monoisotopic (exact) mass is 397 g/mol. The van der Waals surface area contributed by atoms with Crippen molar-refractivity contribution >= 4 is 22.0 Å². The van der Waals surface area contributed by atoms with Crippen LogP contribution in [0.1, 0.15) is 44.6 Å². The predicted octanol–water partition coefficient (Wildman–Crippen LogP) is 2.11. The van der Waals surface area contributed by atoms with Crippen LogP contribution in [-0.4, -0.2) is 42.7 Å². The van der Waals surface area contributed by atoms with Crippen molar-refractivity contribution in [1.29, 1.82) is 0 Å². The van der Waals surface area contributed by atoms with Gasteiger partial charge >= 0.3 is 5.97 Å². The van der Waals surface area contributed by atoms with E-state index in [0.717, 1.165) is 18.4 Å². The Hall–Kier alpha value is -1.93. The summed E-state index contributed by atoms with van der Waals surface area (Å²) in [5.74, 6) is -1.42. The molecule has 150 valence electrons. The second kappa shape index (κ2) is 9.85. The lowest BCUT2D eigenvalue weighted by Gasteiger charge is -2.20. The first-order valence-electron chi connectivity index (χ1n) is 9.28. The van der Waals surface area contributed by atoms with Gasteiger partial charge in [-0.05, 0) is 31.2 Å². The van der Waals surface area contributed by atoms with Gasteiger partial charge in [0.2, 0.25) is 5.91 Å². The summed E-state index contributed by atoms with van der Waals surface area (Å²) < 4.78 is 37.0. The molecule has 0 saturated heterocycles. The number of rotatable bonds is 9. The fourth-order valence-electron chi connectivity index (χ4n) is 3.20. The van der Waals surface area contributed by atoms with Crippen LogP contribution >= 0.6 is 0 Å². The second-order valence-corrected chi connectivity index (χ2v) is 8.62. The number of hydrogen-bond donors (Lipinski definition) is 2. The van der Waals surface area contributed by atoms with Gasteiger partial charge in [-0.15, -0.1) is 0 Å². The van der Waals surface area contributed by atoms with E-state index in [2.05, 4.69) is 5.32 Å². The summed E-state index contributed by atoms with van der Waals surface area (Å²) in [6, 6.07) is 8.46. The molecule has 1 saturated carbocycles. The maximum Gasteiger partial charge on any atom is 0.328 e. The molecule has 1 aliphatic rings. The minimum absolute atomic E-state index is 0.0631. The van der Waals surface area contributed by atoms with Crippen molar-refractivity contribution < 1.29 is 27.3 Å². The van der Waals surface area contributed by atoms with Crippen LogP contribution in [0.2, 0.25) is 0 Å². The molecular formula is C19H27NO6S. The van der Waals surface area contributed by atoms with Crippen molar-refractivity contribution in [1.82, 2.24) is 5.32 Å². The van der Waals surface area contributed by atoms with Gasteiger partial charge in [0, 0.05) is 12.3 Å². The number of carbonyl (C=O) groups is 2. The van der Waals surface area contributed by atoms with Gasteiger partial charge in [0.15, 0.2) is 0 Å². The van der Waals surface area contributed by atoms with Crippen LogP contribution in [0.15, 0.2) is 30.3 Å². The summed E-state index contributed by atoms with van der Waals surface area (Å²) in [4.78, 5) is 25.0. The normalized spacial score (nSPS) is 20.8. The van der Waals surface area contributed by atoms with Crippen molar-refractivity contribution in [3.63, 3.8) is 0 Å². The molecule has 0 spiro atoms. The molecule has 1 fully saturated rings. The lowest BCUT2D eigenvalue weighted by molar-refractivity contribution is -0.148. The van der Waals surface area contributed by atoms with Crippen LogP contribution in [0, 0.1) is 5.92 Å². The zero-order chi connectivity index (χ0) is 19.9. The van der Waals surface area contributed by atoms with Gasteiger partial charge in [0.1, 0.15) is 6.04 Å². The number of unbranched alkanes of at least 4 members (excludes halogenated alkanes) is 1. The average molecular weight is 397 g/mol. The van der Waals surface area contributed by atoms with Gasteiger partial charge in [-0.3, -0.25) is 9.35 Å². The third kappa shape index (κ3) is 6.62. The first-order chi connectivity index (χ1) is 12.8. The Morgan fingerprint density at radius 3 is 2.56 bits per heavy atom. The van der Waals surface area contributed by atoms with Crippen LogP contribution < -0.4 is 5.32 Å². The van der Waals surface area contributed by atoms with Gasteiger partial charge in [-0.1, -0.05) is 43.7 Å². The van der Waals surface area contributed by atoms with E-state index in [-0.39, 0.29) is 18.7 Å². The minimum Gasteiger partial charge on any atom is -0.464 e. The largest absolute Gasteiger partial charge is 0.464 e. The molecule has 27 heavy (non-hydrogen) atoms. The highest BCUT2D eigenvalue weighted by Crippen LogP contribution is 2.30. The lowest BCUT2D eigenvalue weighted by Crippen LogP contribution is -2.45. The quantitative estimate of drug-likeness (QED) is 0.375. The molecule has 2 N–H and O–H groups in total. The zero-order valence-corrected chi connectivity index (χ0v) is 16.3. The fourth-order valence-corrected chi connectivity index (χ4v) is 4.11. The van der Waals surface area contributed by atoms with Gasteiger partial charge < -0.3 is 10.1 Å². The highest BCUT2D eigenvalue weighted by atomic mass is 32.2. The van der Waals surface area contributed by atoms with E-state index in [1.807, 2.05) is 37.3 Å². The molecule has 0 radical (unpaired) electrons. The predicted molar refractivity (Wildman–Crippen MR) is 101 cm³/mol. The zero-order valence-electron chi connectivity index (χ0n) is 15.5. The first kappa shape index (κ1) is 21.4. The summed E-state index contributed by atoms with van der Waals surface area (Å²) >= 11 is 0. The molecule has 1 aromatic rings. The Balaban J connectivity index is 2.02. The van der Waals surface area contributed by atoms with E-state index < -0.39 is 33.3 Å². The van der Waals surface area contributed by atoms with Crippen molar-refractivity contribution in [2.45, 2.75) is 56.7 Å². The topological polar surface area (TPSA) is 110 Å². The van der Waals surface area contributed by atoms with E-state index in [4.69, 9.17) is 9.29 Å². The van der Waals surface area contributed by atoms with E-state index >= 15 is 0 Å². The van der Waals surface area contributed by atoms with Gasteiger partial charge in [-0.25, -0.2) is 4.79 Å². The molecule has 2 rings (SSSR count). The molecule has 3 atom stereocenters. The van der Waals surface area contributed by atoms with Crippen molar-refractivity contribution in [3.05, 3.63) is 35.9 Å². The lowest BCUT2D eigenvalue weighted by atomic mass is 10.0. The number of nitrogens with one attached hydrogen (secondary N) is 1. The Bertz CT molecular complexity index is 734. The molecule has 1 aliphatic carbocycles.